The van der Waals surface area contributed by atoms with Crippen molar-refractivity contribution in [1.82, 2.24) is 4.90 Å². The van der Waals surface area contributed by atoms with E-state index in [0.29, 0.717) is 22.0 Å². The third-order valence-corrected chi connectivity index (χ3v) is 7.81. The summed E-state index contributed by atoms with van der Waals surface area (Å²) in [6.07, 6.45) is 14.3. The van der Waals surface area contributed by atoms with Gasteiger partial charge in [0, 0.05) is 42.9 Å². The number of hydrogen-bond acceptors (Lipinski definition) is 4. The molecular formula is C30H37N2O2P. The van der Waals surface area contributed by atoms with Gasteiger partial charge in [-0.2, -0.15) is 0 Å². The van der Waals surface area contributed by atoms with Gasteiger partial charge in [0.15, 0.2) is 13.5 Å². The molecule has 1 aromatic rings. The summed E-state index contributed by atoms with van der Waals surface area (Å²) in [5, 5.41) is 2.78. The number of ether oxygens (including phenoxy) is 2. The Bertz CT molecular complexity index is 1090. The number of allylic oxidation sites excluding steroid dienone is 8. The molecule has 5 heteroatoms. The molecule has 4 rings (SSSR count). The summed E-state index contributed by atoms with van der Waals surface area (Å²) in [6, 6.07) is 10.5. The Hall–Kier alpha value is -2.97. The second-order valence-electron chi connectivity index (χ2n) is 9.16. The Morgan fingerprint density at radius 2 is 1.94 bits per heavy atom. The van der Waals surface area contributed by atoms with E-state index < -0.39 is 0 Å². The molecule has 2 aliphatic heterocycles. The van der Waals surface area contributed by atoms with Crippen molar-refractivity contribution in [2.24, 2.45) is 0 Å². The van der Waals surface area contributed by atoms with Crippen LogP contribution < -0.4 is 4.90 Å². The van der Waals surface area contributed by atoms with E-state index in [4.69, 9.17) is 9.47 Å². The highest BCUT2D eigenvalue weighted by molar-refractivity contribution is 7.47. The predicted octanol–water partition coefficient (Wildman–Crippen LogP) is 7.59. The zero-order valence-electron chi connectivity index (χ0n) is 21.1. The molecule has 1 atom stereocenters. The smallest absolute Gasteiger partial charge is 0.161 e. The minimum atomic E-state index is 0.575. The van der Waals surface area contributed by atoms with E-state index in [1.54, 1.807) is 0 Å². The van der Waals surface area contributed by atoms with Crippen LogP contribution in [-0.2, 0) is 9.47 Å². The lowest BCUT2D eigenvalue weighted by Crippen LogP contribution is -2.33. The van der Waals surface area contributed by atoms with Crippen molar-refractivity contribution in [1.29, 1.82) is 0 Å². The number of nitrogens with zero attached hydrogens (tertiary/aromatic N) is 2. The van der Waals surface area contributed by atoms with E-state index in [1.165, 1.54) is 33.2 Å². The number of anilines is 1. The maximum atomic E-state index is 6.16. The van der Waals surface area contributed by atoms with Gasteiger partial charge >= 0.3 is 0 Å². The molecule has 2 heterocycles. The van der Waals surface area contributed by atoms with Gasteiger partial charge in [0.05, 0.1) is 5.76 Å². The van der Waals surface area contributed by atoms with E-state index >= 15 is 0 Å². The van der Waals surface area contributed by atoms with Crippen LogP contribution in [0.5, 0.6) is 0 Å². The molecule has 0 aromatic heterocycles. The third kappa shape index (κ3) is 6.58. The van der Waals surface area contributed by atoms with E-state index in [1.807, 2.05) is 25.2 Å². The summed E-state index contributed by atoms with van der Waals surface area (Å²) < 4.78 is 12.3. The molecule has 0 N–H and O–H groups in total. The molecule has 0 fully saturated rings. The largest absolute Gasteiger partial charge is 0.477 e. The lowest BCUT2D eigenvalue weighted by molar-refractivity contribution is 0.0771. The second-order valence-corrected chi connectivity index (χ2v) is 10.8. The fourth-order valence-electron chi connectivity index (χ4n) is 4.64. The zero-order valence-corrected chi connectivity index (χ0v) is 22.1. The van der Waals surface area contributed by atoms with Crippen molar-refractivity contribution in [2.75, 3.05) is 31.5 Å². The van der Waals surface area contributed by atoms with Crippen LogP contribution in [0.2, 0.25) is 0 Å². The van der Waals surface area contributed by atoms with Crippen LogP contribution in [0, 0.1) is 0 Å². The molecule has 0 amide bonds. The average Bonchev–Trinajstić information content (AvgIpc) is 2.88. The first kappa shape index (κ1) is 25.1. The maximum Gasteiger partial charge on any atom is 0.161 e. The molecule has 1 aliphatic carbocycles. The first-order valence-electron chi connectivity index (χ1n) is 12.4. The Kier molecular flexibility index (Phi) is 8.71. The molecule has 35 heavy (non-hydrogen) atoms. The second kappa shape index (κ2) is 12.1. The monoisotopic (exact) mass is 488 g/mol. The normalized spacial score (nSPS) is 19.1. The van der Waals surface area contributed by atoms with E-state index in [9.17, 15) is 0 Å². The van der Waals surface area contributed by atoms with Crippen molar-refractivity contribution >= 4 is 14.3 Å². The Balaban J connectivity index is 1.31. The molecule has 0 saturated heterocycles. The van der Waals surface area contributed by atoms with Crippen LogP contribution in [-0.4, -0.2) is 31.5 Å². The van der Waals surface area contributed by atoms with Crippen molar-refractivity contribution in [3.8, 4) is 0 Å². The summed E-state index contributed by atoms with van der Waals surface area (Å²) in [5.74, 6) is 2.28. The Morgan fingerprint density at radius 3 is 2.69 bits per heavy atom. The molecule has 1 aromatic carbocycles. The summed E-state index contributed by atoms with van der Waals surface area (Å²) in [7, 11) is 0.663. The van der Waals surface area contributed by atoms with Gasteiger partial charge in [0.25, 0.3) is 0 Å². The lowest BCUT2D eigenvalue weighted by Gasteiger charge is -2.34. The molecular weight excluding hydrogens is 451 g/mol. The molecule has 4 nitrogen and oxygen atoms in total. The Morgan fingerprint density at radius 1 is 1.11 bits per heavy atom. The first-order chi connectivity index (χ1) is 17.1. The van der Waals surface area contributed by atoms with Crippen molar-refractivity contribution in [2.45, 2.75) is 39.5 Å². The Labute approximate surface area is 212 Å². The van der Waals surface area contributed by atoms with Gasteiger partial charge in [-0.3, -0.25) is 0 Å². The number of hydrogen-bond donors (Lipinski definition) is 0. The third-order valence-electron chi connectivity index (χ3n) is 6.49. The van der Waals surface area contributed by atoms with Gasteiger partial charge in [-0.25, -0.2) is 0 Å². The van der Waals surface area contributed by atoms with Gasteiger partial charge < -0.3 is 19.3 Å². The van der Waals surface area contributed by atoms with Gasteiger partial charge in [-0.1, -0.05) is 63.5 Å². The van der Waals surface area contributed by atoms with Gasteiger partial charge in [-0.15, -0.1) is 0 Å². The van der Waals surface area contributed by atoms with E-state index in [2.05, 4.69) is 72.4 Å². The van der Waals surface area contributed by atoms with Crippen LogP contribution in [0.25, 0.3) is 0 Å². The molecule has 0 spiro atoms. The molecule has 0 saturated carbocycles. The number of benzene rings is 1. The van der Waals surface area contributed by atoms with Crippen LogP contribution >= 0.6 is 8.58 Å². The van der Waals surface area contributed by atoms with Gasteiger partial charge in [-0.05, 0) is 61.9 Å². The van der Waals surface area contributed by atoms with Crippen LogP contribution in [0.15, 0.2) is 113 Å². The van der Waals surface area contributed by atoms with Crippen LogP contribution in [0.1, 0.15) is 39.5 Å². The minimum Gasteiger partial charge on any atom is -0.477 e. The standard InChI is InChI=1S/C30H37N2O2P/c1-5-10-26(11-6-2)31-19-23(3)29(33-21-31)16-14-24(4)35-28-15-17-30-25(18-28)20-32(22-34-30)27-12-8-7-9-13-27/h5-13,18,35H,1,4,14-17,19-22H2,2-3H3/b11-6-,26-10+. The average molecular weight is 489 g/mol. The topological polar surface area (TPSA) is 24.9 Å². The maximum absolute atomic E-state index is 6.16. The summed E-state index contributed by atoms with van der Waals surface area (Å²) in [4.78, 5) is 4.53. The minimum absolute atomic E-state index is 0.575. The molecule has 184 valence electrons. The fraction of sp³-hybridized carbons (Fsp3) is 0.333. The SMILES string of the molecule is C=C/C=C(\C=C/C)N1COC(CCC(=C)PC2=CC3=C(CC2)OCN(c2ccccc2)C3)=C(C)C1. The van der Waals surface area contributed by atoms with Crippen LogP contribution in [0.4, 0.5) is 5.69 Å². The van der Waals surface area contributed by atoms with Gasteiger partial charge in [0.1, 0.15) is 5.76 Å². The van der Waals surface area contributed by atoms with Crippen molar-refractivity contribution in [3.63, 3.8) is 0 Å². The highest BCUT2D eigenvalue weighted by Crippen LogP contribution is 2.43. The van der Waals surface area contributed by atoms with E-state index in [-0.39, 0.29) is 0 Å². The van der Waals surface area contributed by atoms with Crippen molar-refractivity contribution < 1.29 is 9.47 Å². The number of para-hydroxylation sites is 1. The van der Waals surface area contributed by atoms with Crippen molar-refractivity contribution in [3.05, 3.63) is 113 Å². The highest BCUT2D eigenvalue weighted by Gasteiger charge is 2.23. The summed E-state index contributed by atoms with van der Waals surface area (Å²) in [5.41, 5.74) is 4.94. The summed E-state index contributed by atoms with van der Waals surface area (Å²) in [6.45, 7) is 15.4. The lowest BCUT2D eigenvalue weighted by atomic mass is 10.0. The molecule has 0 bridgehead atoms. The highest BCUT2D eigenvalue weighted by atomic mass is 31.1. The van der Waals surface area contributed by atoms with E-state index in [0.717, 1.165) is 50.2 Å². The quantitative estimate of drug-likeness (QED) is 0.264. The zero-order chi connectivity index (χ0) is 24.6. The summed E-state index contributed by atoms with van der Waals surface area (Å²) >= 11 is 0. The molecule has 1 unspecified atom stereocenters. The van der Waals surface area contributed by atoms with Gasteiger partial charge in [0.2, 0.25) is 0 Å². The molecule has 0 radical (unpaired) electrons. The fourth-order valence-corrected chi connectivity index (χ4v) is 5.84. The molecule has 3 aliphatic rings. The number of rotatable bonds is 9. The first-order valence-corrected chi connectivity index (χ1v) is 13.4. The van der Waals surface area contributed by atoms with Crippen LogP contribution in [0.3, 0.4) is 0 Å². The predicted molar refractivity (Wildman–Crippen MR) is 149 cm³/mol.